The van der Waals surface area contributed by atoms with Gasteiger partial charge >= 0.3 is 5.97 Å². The standard InChI is InChI=1S/C16H16N2O2/c17-14-9-15(13-7-2-1-6-12(13)14)18-11-5-3-4-10(8-11)16(19)20/h1-8,14-15,18H,9,17H2,(H,19,20). The van der Waals surface area contributed by atoms with Crippen molar-refractivity contribution >= 4 is 11.7 Å². The number of benzene rings is 2. The van der Waals surface area contributed by atoms with Gasteiger partial charge in [-0.05, 0) is 35.7 Å². The Hall–Kier alpha value is -2.33. The van der Waals surface area contributed by atoms with E-state index in [9.17, 15) is 4.79 Å². The van der Waals surface area contributed by atoms with Gasteiger partial charge in [0.2, 0.25) is 0 Å². The normalized spacial score (nSPS) is 20.4. The zero-order chi connectivity index (χ0) is 14.1. The number of carboxylic acid groups (broad SMARTS) is 1. The molecule has 2 atom stereocenters. The van der Waals surface area contributed by atoms with Gasteiger partial charge < -0.3 is 16.2 Å². The van der Waals surface area contributed by atoms with E-state index in [2.05, 4.69) is 17.4 Å². The molecule has 4 N–H and O–H groups in total. The summed E-state index contributed by atoms with van der Waals surface area (Å²) in [6, 6.07) is 15.1. The zero-order valence-electron chi connectivity index (χ0n) is 10.9. The van der Waals surface area contributed by atoms with Crippen LogP contribution in [0.25, 0.3) is 0 Å². The van der Waals surface area contributed by atoms with E-state index >= 15 is 0 Å². The van der Waals surface area contributed by atoms with Crippen molar-refractivity contribution in [1.29, 1.82) is 0 Å². The predicted molar refractivity (Wildman–Crippen MR) is 77.8 cm³/mol. The number of carbonyl (C=O) groups is 1. The second-order valence-corrected chi connectivity index (χ2v) is 5.05. The van der Waals surface area contributed by atoms with Gasteiger partial charge in [-0.1, -0.05) is 30.3 Å². The molecule has 0 saturated heterocycles. The number of nitrogens with one attached hydrogen (secondary N) is 1. The van der Waals surface area contributed by atoms with Gasteiger partial charge in [-0.3, -0.25) is 0 Å². The summed E-state index contributed by atoms with van der Waals surface area (Å²) >= 11 is 0. The quantitative estimate of drug-likeness (QED) is 0.800. The van der Waals surface area contributed by atoms with E-state index in [1.807, 2.05) is 18.2 Å². The van der Waals surface area contributed by atoms with E-state index in [1.165, 1.54) is 11.1 Å². The molecule has 0 aliphatic heterocycles. The van der Waals surface area contributed by atoms with E-state index in [-0.39, 0.29) is 17.6 Å². The third-order valence-electron chi connectivity index (χ3n) is 3.71. The number of aromatic carboxylic acids is 1. The van der Waals surface area contributed by atoms with E-state index < -0.39 is 5.97 Å². The van der Waals surface area contributed by atoms with Crippen LogP contribution in [0.1, 0.15) is 40.0 Å². The van der Waals surface area contributed by atoms with Gasteiger partial charge in [-0.15, -0.1) is 0 Å². The molecule has 0 aromatic heterocycles. The molecule has 102 valence electrons. The first kappa shape index (κ1) is 12.7. The van der Waals surface area contributed by atoms with Crippen LogP contribution in [0.3, 0.4) is 0 Å². The van der Waals surface area contributed by atoms with Gasteiger partial charge in [0.1, 0.15) is 0 Å². The minimum atomic E-state index is -0.919. The Morgan fingerprint density at radius 2 is 1.90 bits per heavy atom. The minimum Gasteiger partial charge on any atom is -0.478 e. The summed E-state index contributed by atoms with van der Waals surface area (Å²) in [4.78, 5) is 11.0. The van der Waals surface area contributed by atoms with Crippen LogP contribution in [0.2, 0.25) is 0 Å². The average Bonchev–Trinajstić information content (AvgIpc) is 2.76. The Kier molecular flexibility index (Phi) is 3.16. The molecule has 4 heteroatoms. The first-order valence-corrected chi connectivity index (χ1v) is 6.59. The molecule has 2 aromatic rings. The second-order valence-electron chi connectivity index (χ2n) is 5.05. The van der Waals surface area contributed by atoms with Crippen molar-refractivity contribution < 1.29 is 9.90 Å². The predicted octanol–water partition coefficient (Wildman–Crippen LogP) is 2.94. The SMILES string of the molecule is NC1CC(Nc2cccc(C(=O)O)c2)c2ccccc21. The van der Waals surface area contributed by atoms with Crippen molar-refractivity contribution in [3.63, 3.8) is 0 Å². The summed E-state index contributed by atoms with van der Waals surface area (Å²) < 4.78 is 0. The highest BCUT2D eigenvalue weighted by atomic mass is 16.4. The molecule has 20 heavy (non-hydrogen) atoms. The number of hydrogen-bond acceptors (Lipinski definition) is 3. The molecular formula is C16H16N2O2. The van der Waals surface area contributed by atoms with Crippen LogP contribution in [0.5, 0.6) is 0 Å². The van der Waals surface area contributed by atoms with E-state index in [0.717, 1.165) is 12.1 Å². The van der Waals surface area contributed by atoms with E-state index in [0.29, 0.717) is 0 Å². The summed E-state index contributed by atoms with van der Waals surface area (Å²) in [5.41, 5.74) is 9.58. The summed E-state index contributed by atoms with van der Waals surface area (Å²) in [6.07, 6.45) is 0.816. The molecule has 2 aromatic carbocycles. The van der Waals surface area contributed by atoms with Gasteiger partial charge in [0.25, 0.3) is 0 Å². The summed E-state index contributed by atoms with van der Waals surface area (Å²) in [5.74, 6) is -0.919. The highest BCUT2D eigenvalue weighted by molar-refractivity contribution is 5.88. The average molecular weight is 268 g/mol. The maximum Gasteiger partial charge on any atom is 0.335 e. The molecule has 0 spiro atoms. The molecule has 3 rings (SSSR count). The van der Waals surface area contributed by atoms with E-state index in [1.54, 1.807) is 18.2 Å². The van der Waals surface area contributed by atoms with Crippen LogP contribution in [0.4, 0.5) is 5.69 Å². The van der Waals surface area contributed by atoms with Gasteiger partial charge in [0, 0.05) is 11.7 Å². The monoisotopic (exact) mass is 268 g/mol. The highest BCUT2D eigenvalue weighted by Gasteiger charge is 2.27. The van der Waals surface area contributed by atoms with Crippen LogP contribution >= 0.6 is 0 Å². The van der Waals surface area contributed by atoms with Crippen molar-refractivity contribution in [2.24, 2.45) is 5.73 Å². The largest absolute Gasteiger partial charge is 0.478 e. The molecule has 0 heterocycles. The van der Waals surface area contributed by atoms with Crippen molar-refractivity contribution in [3.05, 3.63) is 65.2 Å². The fraction of sp³-hybridized carbons (Fsp3) is 0.188. The van der Waals surface area contributed by atoms with Crippen LogP contribution in [-0.2, 0) is 0 Å². The molecule has 0 fully saturated rings. The number of rotatable bonds is 3. The molecule has 0 saturated carbocycles. The van der Waals surface area contributed by atoms with Gasteiger partial charge in [-0.25, -0.2) is 4.79 Å². The van der Waals surface area contributed by atoms with Crippen molar-refractivity contribution in [2.45, 2.75) is 18.5 Å². The number of fused-ring (bicyclic) bond motifs is 1. The number of nitrogens with two attached hydrogens (primary N) is 1. The molecule has 1 aliphatic rings. The third kappa shape index (κ3) is 2.26. The van der Waals surface area contributed by atoms with Crippen molar-refractivity contribution in [1.82, 2.24) is 0 Å². The molecule has 2 unspecified atom stereocenters. The maximum absolute atomic E-state index is 11.0. The van der Waals surface area contributed by atoms with Gasteiger partial charge in [0.15, 0.2) is 0 Å². The van der Waals surface area contributed by atoms with Crippen molar-refractivity contribution in [3.8, 4) is 0 Å². The molecule has 4 nitrogen and oxygen atoms in total. The van der Waals surface area contributed by atoms with Crippen LogP contribution < -0.4 is 11.1 Å². The summed E-state index contributed by atoms with van der Waals surface area (Å²) in [6.45, 7) is 0. The first-order chi connectivity index (χ1) is 9.65. The molecule has 0 bridgehead atoms. The van der Waals surface area contributed by atoms with E-state index in [4.69, 9.17) is 10.8 Å². The van der Waals surface area contributed by atoms with Crippen LogP contribution in [0.15, 0.2) is 48.5 Å². The fourth-order valence-corrected chi connectivity index (χ4v) is 2.75. The molecular weight excluding hydrogens is 252 g/mol. The Morgan fingerprint density at radius 3 is 2.65 bits per heavy atom. The smallest absolute Gasteiger partial charge is 0.335 e. The maximum atomic E-state index is 11.0. The fourth-order valence-electron chi connectivity index (χ4n) is 2.75. The lowest BCUT2D eigenvalue weighted by molar-refractivity contribution is 0.0697. The topological polar surface area (TPSA) is 75.3 Å². The highest BCUT2D eigenvalue weighted by Crippen LogP contribution is 2.39. The minimum absolute atomic E-state index is 0.0337. The number of anilines is 1. The zero-order valence-corrected chi connectivity index (χ0v) is 10.9. The molecule has 0 amide bonds. The Morgan fingerprint density at radius 1 is 1.15 bits per heavy atom. The van der Waals surface area contributed by atoms with Crippen LogP contribution in [-0.4, -0.2) is 11.1 Å². The molecule has 1 aliphatic carbocycles. The molecule has 0 radical (unpaired) electrons. The number of hydrogen-bond donors (Lipinski definition) is 3. The lowest BCUT2D eigenvalue weighted by atomic mass is 10.1. The first-order valence-electron chi connectivity index (χ1n) is 6.59. The number of carboxylic acids is 1. The summed E-state index contributed by atoms with van der Waals surface area (Å²) in [5, 5.41) is 12.4. The summed E-state index contributed by atoms with van der Waals surface area (Å²) in [7, 11) is 0. The van der Waals surface area contributed by atoms with Crippen LogP contribution in [0, 0.1) is 0 Å². The van der Waals surface area contributed by atoms with Gasteiger partial charge in [0.05, 0.1) is 11.6 Å². The van der Waals surface area contributed by atoms with Gasteiger partial charge in [-0.2, -0.15) is 0 Å². The lowest BCUT2D eigenvalue weighted by Crippen LogP contribution is -2.10. The Balaban J connectivity index is 1.86. The Labute approximate surface area is 117 Å². The van der Waals surface area contributed by atoms with Crippen molar-refractivity contribution in [2.75, 3.05) is 5.32 Å². The lowest BCUT2D eigenvalue weighted by Gasteiger charge is -2.16. The Bertz CT molecular complexity index is 654. The third-order valence-corrected chi connectivity index (χ3v) is 3.71. The second kappa shape index (κ2) is 4.98.